The highest BCUT2D eigenvalue weighted by Gasteiger charge is 2.35. The van der Waals surface area contributed by atoms with Crippen molar-refractivity contribution in [3.63, 3.8) is 0 Å². The van der Waals surface area contributed by atoms with Crippen molar-refractivity contribution in [3.05, 3.63) is 23.8 Å². The molecule has 0 amide bonds. The fourth-order valence-corrected chi connectivity index (χ4v) is 2.78. The van der Waals surface area contributed by atoms with Gasteiger partial charge in [0.05, 0.1) is 13.6 Å². The molecule has 0 radical (unpaired) electrons. The number of hydrogen-bond acceptors (Lipinski definition) is 1. The molecule has 0 atom stereocenters. The first-order valence-corrected chi connectivity index (χ1v) is 8.92. The summed E-state index contributed by atoms with van der Waals surface area (Å²) in [4.78, 5) is 1.50. The van der Waals surface area contributed by atoms with Crippen LogP contribution >= 0.6 is 0 Å². The average molecular weight is 261 g/mol. The van der Waals surface area contributed by atoms with E-state index in [1.165, 1.54) is 11.0 Å². The fourth-order valence-electron chi connectivity index (χ4n) is 1.62. The molecule has 0 saturated heterocycles. The molecule has 1 nitrogen and oxygen atoms in total. The van der Waals surface area contributed by atoms with Crippen LogP contribution in [-0.2, 0) is 6.18 Å². The molecule has 0 unspecified atom stereocenters. The number of anilines is 1. The van der Waals surface area contributed by atoms with Gasteiger partial charge in [0.15, 0.2) is 0 Å². The number of halogens is 3. The number of benzene rings is 1. The maximum atomic E-state index is 13.0. The minimum absolute atomic E-state index is 0.222. The van der Waals surface area contributed by atoms with Gasteiger partial charge in [0.1, 0.15) is 0 Å². The van der Waals surface area contributed by atoms with Gasteiger partial charge in [-0.25, -0.2) is 0 Å². The van der Waals surface area contributed by atoms with Crippen molar-refractivity contribution in [2.24, 2.45) is 0 Å². The molecule has 1 aromatic rings. The third kappa shape index (κ3) is 3.25. The fraction of sp³-hybridized carbons (Fsp3) is 0.500. The Morgan fingerprint density at radius 2 is 1.59 bits per heavy atom. The third-order valence-electron chi connectivity index (χ3n) is 2.65. The van der Waals surface area contributed by atoms with E-state index in [4.69, 9.17) is 0 Å². The summed E-state index contributed by atoms with van der Waals surface area (Å²) in [5, 5.41) is 0.829. The van der Waals surface area contributed by atoms with Crippen LogP contribution in [0.5, 0.6) is 0 Å². The predicted molar refractivity (Wildman–Crippen MR) is 68.8 cm³/mol. The molecule has 0 aliphatic rings. The van der Waals surface area contributed by atoms with Crippen LogP contribution in [0.2, 0.25) is 19.6 Å². The second-order valence-electron chi connectivity index (χ2n) is 5.37. The van der Waals surface area contributed by atoms with E-state index in [-0.39, 0.29) is 5.69 Å². The van der Waals surface area contributed by atoms with Gasteiger partial charge in [-0.1, -0.05) is 30.9 Å². The first kappa shape index (κ1) is 14.1. The molecule has 0 saturated carbocycles. The Labute approximate surface area is 101 Å². The summed E-state index contributed by atoms with van der Waals surface area (Å²) in [5.74, 6) is 0. The van der Waals surface area contributed by atoms with Crippen LogP contribution in [0.4, 0.5) is 18.9 Å². The van der Waals surface area contributed by atoms with Gasteiger partial charge in [0, 0.05) is 19.8 Å². The standard InChI is InChI=1S/C12H18F3NSi/c1-16(2)11-7-6-9(17(3,4)5)8-10(11)12(13,14)15/h6-8H,1-5H3. The highest BCUT2D eigenvalue weighted by Crippen LogP contribution is 2.35. The summed E-state index contributed by atoms with van der Waals surface area (Å²) in [7, 11) is 1.53. The Morgan fingerprint density at radius 1 is 1.06 bits per heavy atom. The molecule has 0 spiro atoms. The van der Waals surface area contributed by atoms with E-state index in [0.717, 1.165) is 5.19 Å². The Kier molecular flexibility index (Phi) is 3.62. The molecule has 0 fully saturated rings. The lowest BCUT2D eigenvalue weighted by Crippen LogP contribution is -2.38. The van der Waals surface area contributed by atoms with Gasteiger partial charge in [-0.2, -0.15) is 13.2 Å². The zero-order valence-electron chi connectivity index (χ0n) is 10.8. The summed E-state index contributed by atoms with van der Waals surface area (Å²) in [5.41, 5.74) is -0.318. The van der Waals surface area contributed by atoms with Gasteiger partial charge in [-0.15, -0.1) is 0 Å². The largest absolute Gasteiger partial charge is 0.418 e. The van der Waals surface area contributed by atoms with Crippen molar-refractivity contribution in [1.29, 1.82) is 0 Å². The Hall–Kier alpha value is -0.973. The molecule has 0 heterocycles. The predicted octanol–water partition coefficient (Wildman–Crippen LogP) is 3.32. The second-order valence-corrected chi connectivity index (χ2v) is 10.5. The van der Waals surface area contributed by atoms with E-state index in [2.05, 4.69) is 0 Å². The monoisotopic (exact) mass is 261 g/mol. The van der Waals surface area contributed by atoms with Crippen LogP contribution in [0.15, 0.2) is 18.2 Å². The van der Waals surface area contributed by atoms with Crippen LogP contribution in [0, 0.1) is 0 Å². The van der Waals surface area contributed by atoms with E-state index in [0.29, 0.717) is 0 Å². The Morgan fingerprint density at radius 3 is 1.94 bits per heavy atom. The minimum atomic E-state index is -4.30. The van der Waals surface area contributed by atoms with Crippen LogP contribution in [-0.4, -0.2) is 22.2 Å². The van der Waals surface area contributed by atoms with Crippen LogP contribution < -0.4 is 10.1 Å². The summed E-state index contributed by atoms with van der Waals surface area (Å²) >= 11 is 0. The Balaban J connectivity index is 3.41. The first-order valence-electron chi connectivity index (χ1n) is 5.42. The molecule has 1 rings (SSSR count). The molecule has 96 valence electrons. The summed E-state index contributed by atoms with van der Waals surface area (Å²) in [6, 6.07) is 4.69. The van der Waals surface area contributed by atoms with Crippen LogP contribution in [0.3, 0.4) is 0 Å². The van der Waals surface area contributed by atoms with E-state index >= 15 is 0 Å². The average Bonchev–Trinajstić information content (AvgIpc) is 2.14. The number of alkyl halides is 3. The normalized spacial score (nSPS) is 12.7. The smallest absolute Gasteiger partial charge is 0.377 e. The van der Waals surface area contributed by atoms with Gasteiger partial charge in [0.2, 0.25) is 0 Å². The van der Waals surface area contributed by atoms with E-state index in [9.17, 15) is 13.2 Å². The van der Waals surface area contributed by atoms with Crippen molar-refractivity contribution in [1.82, 2.24) is 0 Å². The van der Waals surface area contributed by atoms with E-state index in [1.54, 1.807) is 20.2 Å². The molecule has 1 aromatic carbocycles. The molecule has 17 heavy (non-hydrogen) atoms. The second kappa shape index (κ2) is 4.36. The number of nitrogens with zero attached hydrogens (tertiary/aromatic N) is 1. The van der Waals surface area contributed by atoms with Crippen LogP contribution in [0.25, 0.3) is 0 Å². The quantitative estimate of drug-likeness (QED) is 0.738. The zero-order valence-corrected chi connectivity index (χ0v) is 11.8. The zero-order chi connectivity index (χ0) is 13.4. The summed E-state index contributed by atoms with van der Waals surface area (Å²) in [6.45, 7) is 6.12. The maximum absolute atomic E-state index is 13.0. The van der Waals surface area contributed by atoms with Crippen molar-refractivity contribution in [2.75, 3.05) is 19.0 Å². The Bertz CT molecular complexity index is 405. The van der Waals surface area contributed by atoms with Gasteiger partial charge in [-0.05, 0) is 12.1 Å². The first-order chi connectivity index (χ1) is 7.53. The van der Waals surface area contributed by atoms with Gasteiger partial charge < -0.3 is 4.90 Å². The van der Waals surface area contributed by atoms with Gasteiger partial charge >= 0.3 is 6.18 Å². The van der Waals surface area contributed by atoms with Gasteiger partial charge in [0.25, 0.3) is 0 Å². The van der Waals surface area contributed by atoms with Crippen molar-refractivity contribution >= 4 is 18.9 Å². The molecular weight excluding hydrogens is 243 g/mol. The molecule has 0 aliphatic carbocycles. The lowest BCUT2D eigenvalue weighted by molar-refractivity contribution is -0.137. The minimum Gasteiger partial charge on any atom is -0.377 e. The topological polar surface area (TPSA) is 3.24 Å². The molecule has 0 aliphatic heterocycles. The summed E-state index contributed by atoms with van der Waals surface area (Å²) in [6.07, 6.45) is -4.30. The van der Waals surface area contributed by atoms with Gasteiger partial charge in [-0.3, -0.25) is 0 Å². The number of hydrogen-bond donors (Lipinski definition) is 0. The summed E-state index contributed by atoms with van der Waals surface area (Å²) < 4.78 is 38.9. The lowest BCUT2D eigenvalue weighted by Gasteiger charge is -2.23. The van der Waals surface area contributed by atoms with Crippen molar-refractivity contribution < 1.29 is 13.2 Å². The van der Waals surface area contributed by atoms with Crippen LogP contribution in [0.1, 0.15) is 5.56 Å². The van der Waals surface area contributed by atoms with E-state index < -0.39 is 19.8 Å². The highest BCUT2D eigenvalue weighted by atomic mass is 28.3. The molecular formula is C12H18F3NSi. The molecule has 0 N–H and O–H groups in total. The molecule has 5 heteroatoms. The maximum Gasteiger partial charge on any atom is 0.418 e. The molecule has 0 bridgehead atoms. The lowest BCUT2D eigenvalue weighted by atomic mass is 10.1. The highest BCUT2D eigenvalue weighted by molar-refractivity contribution is 6.88. The van der Waals surface area contributed by atoms with Crippen molar-refractivity contribution in [3.8, 4) is 0 Å². The third-order valence-corrected chi connectivity index (χ3v) is 4.69. The SMILES string of the molecule is CN(C)c1ccc([Si](C)(C)C)cc1C(F)(F)F. The van der Waals surface area contributed by atoms with Crippen molar-refractivity contribution in [2.45, 2.75) is 25.8 Å². The van der Waals surface area contributed by atoms with E-state index in [1.807, 2.05) is 25.7 Å². The molecule has 0 aromatic heterocycles. The number of rotatable bonds is 2.